The van der Waals surface area contributed by atoms with Gasteiger partial charge in [0.1, 0.15) is 5.82 Å². The molecule has 0 unspecified atom stereocenters. The van der Waals surface area contributed by atoms with Crippen LogP contribution in [0.1, 0.15) is 20.8 Å². The number of fused-ring (bicyclic) bond motifs is 1. The molecule has 0 aliphatic rings. The minimum absolute atomic E-state index is 0.151. The first kappa shape index (κ1) is 20.0. The van der Waals surface area contributed by atoms with E-state index in [-0.39, 0.29) is 18.3 Å². The number of amides is 1. The van der Waals surface area contributed by atoms with Gasteiger partial charge in [-0.1, -0.05) is 59.5 Å². The van der Waals surface area contributed by atoms with Gasteiger partial charge in [-0.2, -0.15) is 0 Å². The normalized spacial score (nSPS) is 11.1. The zero-order valence-corrected chi connectivity index (χ0v) is 17.8. The van der Waals surface area contributed by atoms with E-state index in [1.807, 2.05) is 18.2 Å². The highest BCUT2D eigenvalue weighted by Crippen LogP contribution is 2.35. The fourth-order valence-corrected chi connectivity index (χ4v) is 5.64. The molecule has 148 valence electrons. The first-order chi connectivity index (χ1) is 14.2. The second-order valence-corrected chi connectivity index (χ2v) is 9.31. The molecule has 0 fully saturated rings. The van der Waals surface area contributed by atoms with Gasteiger partial charge >= 0.3 is 0 Å². The standard InChI is InChI=1S/C20H16FN3O2S3/c1-26-10-13-16-14(21)8-5-9-15(16)28-17(13)18(25)22-19-23-24-20(29-19)27-11-12-6-3-2-4-7-12/h2-9H,10-11H2,1H3,(H,22,23,25). The summed E-state index contributed by atoms with van der Waals surface area (Å²) < 4.78 is 21.0. The van der Waals surface area contributed by atoms with E-state index in [9.17, 15) is 9.18 Å². The molecule has 1 N–H and O–H groups in total. The Balaban J connectivity index is 1.50. The van der Waals surface area contributed by atoms with Crippen LogP contribution in [-0.4, -0.2) is 23.2 Å². The third kappa shape index (κ3) is 4.48. The number of methoxy groups -OCH3 is 1. The van der Waals surface area contributed by atoms with Gasteiger partial charge in [0, 0.05) is 28.5 Å². The van der Waals surface area contributed by atoms with Gasteiger partial charge in [0.2, 0.25) is 5.13 Å². The molecule has 2 aromatic carbocycles. The molecule has 29 heavy (non-hydrogen) atoms. The molecule has 5 nitrogen and oxygen atoms in total. The van der Waals surface area contributed by atoms with Gasteiger partial charge in [0.05, 0.1) is 11.5 Å². The molecule has 2 heterocycles. The number of aromatic nitrogens is 2. The van der Waals surface area contributed by atoms with Crippen molar-refractivity contribution in [1.82, 2.24) is 10.2 Å². The van der Waals surface area contributed by atoms with Crippen molar-refractivity contribution in [3.05, 3.63) is 70.4 Å². The van der Waals surface area contributed by atoms with Crippen LogP contribution >= 0.6 is 34.4 Å². The van der Waals surface area contributed by atoms with Gasteiger partial charge in [0.25, 0.3) is 5.91 Å². The molecule has 0 aliphatic heterocycles. The summed E-state index contributed by atoms with van der Waals surface area (Å²) in [4.78, 5) is 13.2. The number of nitrogens with zero attached hydrogens (tertiary/aromatic N) is 2. The Morgan fingerprint density at radius 3 is 2.76 bits per heavy atom. The van der Waals surface area contributed by atoms with Crippen molar-refractivity contribution in [2.75, 3.05) is 12.4 Å². The number of benzene rings is 2. The zero-order chi connectivity index (χ0) is 20.2. The minimum Gasteiger partial charge on any atom is -0.380 e. The number of thiophene rings is 1. The van der Waals surface area contributed by atoms with Crippen LogP contribution in [0.5, 0.6) is 0 Å². The fourth-order valence-electron chi connectivity index (χ4n) is 2.82. The number of hydrogen-bond acceptors (Lipinski definition) is 7. The van der Waals surface area contributed by atoms with E-state index < -0.39 is 0 Å². The molecule has 4 aromatic rings. The molecule has 0 aliphatic carbocycles. The molecule has 0 saturated heterocycles. The van der Waals surface area contributed by atoms with Crippen LogP contribution < -0.4 is 5.32 Å². The molecule has 0 saturated carbocycles. The summed E-state index contributed by atoms with van der Waals surface area (Å²) in [7, 11) is 1.52. The minimum atomic E-state index is -0.361. The lowest BCUT2D eigenvalue weighted by atomic mass is 10.1. The summed E-state index contributed by atoms with van der Waals surface area (Å²) in [6.45, 7) is 0.151. The number of thioether (sulfide) groups is 1. The highest BCUT2D eigenvalue weighted by molar-refractivity contribution is 8.00. The molecule has 4 rings (SSSR count). The van der Waals surface area contributed by atoms with E-state index in [0.29, 0.717) is 25.7 Å². The molecule has 9 heteroatoms. The fraction of sp³-hybridized carbons (Fsp3) is 0.150. The van der Waals surface area contributed by atoms with Gasteiger partial charge in [-0.15, -0.1) is 21.5 Å². The van der Waals surface area contributed by atoms with Gasteiger partial charge in [-0.3, -0.25) is 10.1 Å². The van der Waals surface area contributed by atoms with Crippen molar-refractivity contribution < 1.29 is 13.9 Å². The van der Waals surface area contributed by atoms with Gasteiger partial charge in [-0.05, 0) is 17.7 Å². The Labute approximate surface area is 178 Å². The zero-order valence-electron chi connectivity index (χ0n) is 15.3. The number of anilines is 1. The summed E-state index contributed by atoms with van der Waals surface area (Å²) in [6, 6.07) is 14.9. The Bertz CT molecular complexity index is 1140. The maximum Gasteiger partial charge on any atom is 0.267 e. The van der Waals surface area contributed by atoms with Gasteiger partial charge in [0.15, 0.2) is 4.34 Å². The second-order valence-electron chi connectivity index (χ2n) is 6.06. The first-order valence-corrected chi connectivity index (χ1v) is 11.3. The number of hydrogen-bond donors (Lipinski definition) is 1. The number of nitrogens with one attached hydrogen (secondary N) is 1. The number of rotatable bonds is 7. The number of halogens is 1. The molecule has 0 bridgehead atoms. The van der Waals surface area contributed by atoms with Crippen molar-refractivity contribution in [3.63, 3.8) is 0 Å². The van der Waals surface area contributed by atoms with Crippen LogP contribution in [-0.2, 0) is 17.1 Å². The average Bonchev–Trinajstić information content (AvgIpc) is 3.33. The molecule has 0 atom stereocenters. The van der Waals surface area contributed by atoms with Crippen LogP contribution in [0.15, 0.2) is 52.9 Å². The quantitative estimate of drug-likeness (QED) is 0.297. The van der Waals surface area contributed by atoms with Crippen LogP contribution in [0.2, 0.25) is 0 Å². The third-order valence-electron chi connectivity index (χ3n) is 4.09. The van der Waals surface area contributed by atoms with Crippen molar-refractivity contribution in [3.8, 4) is 0 Å². The maximum absolute atomic E-state index is 14.3. The summed E-state index contributed by atoms with van der Waals surface area (Å²) in [6.07, 6.45) is 0. The lowest BCUT2D eigenvalue weighted by Gasteiger charge is -2.04. The molecular weight excluding hydrogens is 429 g/mol. The van der Waals surface area contributed by atoms with Crippen LogP contribution in [0.4, 0.5) is 9.52 Å². The molecule has 0 radical (unpaired) electrons. The molecule has 1 amide bonds. The van der Waals surface area contributed by atoms with E-state index in [2.05, 4.69) is 27.6 Å². The topological polar surface area (TPSA) is 64.1 Å². The summed E-state index contributed by atoms with van der Waals surface area (Å²) in [5, 5.41) is 11.8. The predicted octanol–water partition coefficient (Wildman–Crippen LogP) is 5.58. The van der Waals surface area contributed by atoms with Crippen molar-refractivity contribution >= 4 is 55.6 Å². The monoisotopic (exact) mass is 445 g/mol. The van der Waals surface area contributed by atoms with E-state index in [4.69, 9.17) is 4.74 Å². The van der Waals surface area contributed by atoms with E-state index >= 15 is 0 Å². The Kier molecular flexibility index (Phi) is 6.19. The molecule has 0 spiro atoms. The molecule has 2 aromatic heterocycles. The maximum atomic E-state index is 14.3. The number of ether oxygens (including phenoxy) is 1. The van der Waals surface area contributed by atoms with Crippen LogP contribution in [0.3, 0.4) is 0 Å². The van der Waals surface area contributed by atoms with E-state index in [0.717, 1.165) is 10.1 Å². The first-order valence-electron chi connectivity index (χ1n) is 8.66. The number of carbonyl (C=O) groups excluding carboxylic acids is 1. The third-order valence-corrected chi connectivity index (χ3v) is 7.33. The summed E-state index contributed by atoms with van der Waals surface area (Å²) in [5.74, 6) is 0.0746. The Hall–Kier alpha value is -2.33. The van der Waals surface area contributed by atoms with Crippen LogP contribution in [0, 0.1) is 5.82 Å². The van der Waals surface area contributed by atoms with Gasteiger partial charge < -0.3 is 4.74 Å². The lowest BCUT2D eigenvalue weighted by molar-refractivity contribution is 0.102. The number of carbonyl (C=O) groups is 1. The van der Waals surface area contributed by atoms with E-state index in [1.54, 1.807) is 23.9 Å². The average molecular weight is 446 g/mol. The largest absolute Gasteiger partial charge is 0.380 e. The Morgan fingerprint density at radius 2 is 1.97 bits per heavy atom. The molecular formula is C20H16FN3O2S3. The van der Waals surface area contributed by atoms with E-state index in [1.165, 1.54) is 41.4 Å². The highest BCUT2D eigenvalue weighted by atomic mass is 32.2. The SMILES string of the molecule is COCc1c(C(=O)Nc2nnc(SCc3ccccc3)s2)sc2cccc(F)c12. The summed E-state index contributed by atoms with van der Waals surface area (Å²) in [5.41, 5.74) is 1.74. The highest BCUT2D eigenvalue weighted by Gasteiger charge is 2.21. The summed E-state index contributed by atoms with van der Waals surface area (Å²) >= 11 is 4.11. The van der Waals surface area contributed by atoms with Crippen molar-refractivity contribution in [2.45, 2.75) is 16.7 Å². The second kappa shape index (κ2) is 9.00. The predicted molar refractivity (Wildman–Crippen MR) is 116 cm³/mol. The van der Waals surface area contributed by atoms with Crippen molar-refractivity contribution in [2.24, 2.45) is 0 Å². The lowest BCUT2D eigenvalue weighted by Crippen LogP contribution is -2.12. The Morgan fingerprint density at radius 1 is 1.14 bits per heavy atom. The van der Waals surface area contributed by atoms with Gasteiger partial charge in [-0.25, -0.2) is 4.39 Å². The van der Waals surface area contributed by atoms with Crippen molar-refractivity contribution in [1.29, 1.82) is 0 Å². The van der Waals surface area contributed by atoms with Crippen LogP contribution in [0.25, 0.3) is 10.1 Å². The smallest absolute Gasteiger partial charge is 0.267 e.